The summed E-state index contributed by atoms with van der Waals surface area (Å²) in [6.45, 7) is 6.39. The zero-order valence-corrected chi connectivity index (χ0v) is 8.43. The van der Waals surface area contributed by atoms with Crippen LogP contribution >= 0.6 is 11.6 Å². The molecule has 3 heteroatoms. The van der Waals surface area contributed by atoms with E-state index in [1.165, 1.54) is 0 Å². The number of nitrogens with zero attached hydrogens (tertiary/aromatic N) is 1. The lowest BCUT2D eigenvalue weighted by Gasteiger charge is -2.06. The molecule has 13 heavy (non-hydrogen) atoms. The van der Waals surface area contributed by atoms with Crippen LogP contribution < -0.4 is 5.73 Å². The van der Waals surface area contributed by atoms with Gasteiger partial charge < -0.3 is 5.73 Å². The summed E-state index contributed by atoms with van der Waals surface area (Å²) in [6.07, 6.45) is 0.754. The maximum absolute atomic E-state index is 5.95. The first-order chi connectivity index (χ1) is 6.15. The second kappa shape index (κ2) is 4.40. The van der Waals surface area contributed by atoms with E-state index in [9.17, 15) is 0 Å². The van der Waals surface area contributed by atoms with Gasteiger partial charge in [0.1, 0.15) is 5.15 Å². The Kier molecular flexibility index (Phi) is 3.46. The summed E-state index contributed by atoms with van der Waals surface area (Å²) in [5.41, 5.74) is 8.18. The van der Waals surface area contributed by atoms with Crippen molar-refractivity contribution >= 4 is 17.2 Å². The first-order valence-corrected chi connectivity index (χ1v) is 4.54. The Labute approximate surface area is 83.4 Å². The molecule has 0 aliphatic carbocycles. The highest BCUT2D eigenvalue weighted by molar-refractivity contribution is 6.31. The second-order valence-corrected chi connectivity index (χ2v) is 3.29. The number of rotatable bonds is 3. The Morgan fingerprint density at radius 1 is 1.62 bits per heavy atom. The Balaban J connectivity index is 2.95. The fourth-order valence-corrected chi connectivity index (χ4v) is 1.43. The maximum Gasteiger partial charge on any atom is 0.136 e. The molecule has 2 N–H and O–H groups in total. The normalized spacial score (nSPS) is 10.1. The van der Waals surface area contributed by atoms with E-state index >= 15 is 0 Å². The second-order valence-electron chi connectivity index (χ2n) is 2.93. The topological polar surface area (TPSA) is 38.9 Å². The van der Waals surface area contributed by atoms with Gasteiger partial charge in [-0.2, -0.15) is 0 Å². The van der Waals surface area contributed by atoms with Gasteiger partial charge in [0, 0.05) is 11.3 Å². The van der Waals surface area contributed by atoms with Gasteiger partial charge in [-0.3, -0.25) is 0 Å². The summed E-state index contributed by atoms with van der Waals surface area (Å²) in [5.74, 6) is 0. The van der Waals surface area contributed by atoms with Crippen LogP contribution in [0.25, 0.3) is 5.57 Å². The Bertz CT molecular complexity index is 321. The minimum atomic E-state index is 0.512. The largest absolute Gasteiger partial charge is 0.330 e. The molecule has 0 unspecified atom stereocenters. The Morgan fingerprint density at radius 3 is 2.85 bits per heavy atom. The number of hydrogen-bond acceptors (Lipinski definition) is 2. The van der Waals surface area contributed by atoms with Crippen molar-refractivity contribution in [2.24, 2.45) is 5.73 Å². The molecule has 1 aromatic rings. The third-order valence-electron chi connectivity index (χ3n) is 1.81. The molecule has 0 aliphatic rings. The minimum absolute atomic E-state index is 0.512. The van der Waals surface area contributed by atoms with Crippen LogP contribution in [-0.2, 0) is 0 Å². The van der Waals surface area contributed by atoms with Gasteiger partial charge in [0.2, 0.25) is 0 Å². The zero-order chi connectivity index (χ0) is 9.84. The lowest BCUT2D eigenvalue weighted by molar-refractivity contribution is 1.02. The third kappa shape index (κ3) is 2.54. The minimum Gasteiger partial charge on any atom is -0.330 e. The lowest BCUT2D eigenvalue weighted by Crippen LogP contribution is -2.00. The maximum atomic E-state index is 5.95. The Morgan fingerprint density at radius 2 is 2.31 bits per heavy atom. The van der Waals surface area contributed by atoms with Crippen molar-refractivity contribution in [3.63, 3.8) is 0 Å². The number of aromatic nitrogens is 1. The summed E-state index contributed by atoms with van der Waals surface area (Å²) in [4.78, 5) is 4.14. The van der Waals surface area contributed by atoms with Crippen molar-refractivity contribution < 1.29 is 0 Å². The molecule has 0 radical (unpaired) electrons. The molecule has 2 nitrogen and oxygen atoms in total. The van der Waals surface area contributed by atoms with E-state index in [0.29, 0.717) is 11.7 Å². The van der Waals surface area contributed by atoms with Crippen LogP contribution in [0.1, 0.15) is 17.7 Å². The monoisotopic (exact) mass is 196 g/mol. The van der Waals surface area contributed by atoms with Gasteiger partial charge in [-0.1, -0.05) is 18.2 Å². The molecule has 0 spiro atoms. The van der Waals surface area contributed by atoms with Crippen molar-refractivity contribution in [3.05, 3.63) is 35.1 Å². The number of nitrogens with two attached hydrogens (primary N) is 1. The van der Waals surface area contributed by atoms with Gasteiger partial charge in [-0.15, -0.1) is 0 Å². The fraction of sp³-hybridized carbons (Fsp3) is 0.300. The summed E-state index contributed by atoms with van der Waals surface area (Å²) < 4.78 is 0. The van der Waals surface area contributed by atoms with Crippen molar-refractivity contribution in [1.29, 1.82) is 0 Å². The average molecular weight is 197 g/mol. The molecule has 70 valence electrons. The van der Waals surface area contributed by atoms with Crippen LogP contribution in [0.3, 0.4) is 0 Å². The average Bonchev–Trinajstić information content (AvgIpc) is 2.04. The van der Waals surface area contributed by atoms with Crippen molar-refractivity contribution in [1.82, 2.24) is 4.98 Å². The quantitative estimate of drug-likeness (QED) is 0.755. The van der Waals surface area contributed by atoms with Crippen LogP contribution in [0.5, 0.6) is 0 Å². The molecule has 1 rings (SSSR count). The first kappa shape index (κ1) is 10.2. The molecule has 0 saturated carbocycles. The van der Waals surface area contributed by atoms with E-state index in [4.69, 9.17) is 17.3 Å². The summed E-state index contributed by atoms with van der Waals surface area (Å²) in [5, 5.41) is 0.512. The third-order valence-corrected chi connectivity index (χ3v) is 2.10. The highest BCUT2D eigenvalue weighted by Crippen LogP contribution is 2.22. The first-order valence-electron chi connectivity index (χ1n) is 4.16. The van der Waals surface area contributed by atoms with Gasteiger partial charge in [0.05, 0.1) is 0 Å². The van der Waals surface area contributed by atoms with Crippen molar-refractivity contribution in [3.8, 4) is 0 Å². The molecule has 0 aliphatic heterocycles. The summed E-state index contributed by atoms with van der Waals surface area (Å²) in [7, 11) is 0. The smallest absolute Gasteiger partial charge is 0.136 e. The molecule has 0 amide bonds. The Hall–Kier alpha value is -0.860. The molecular weight excluding hydrogens is 184 g/mol. The van der Waals surface area contributed by atoms with E-state index in [-0.39, 0.29) is 0 Å². The van der Waals surface area contributed by atoms with Crippen LogP contribution in [0.4, 0.5) is 0 Å². The summed E-state index contributed by atoms with van der Waals surface area (Å²) >= 11 is 5.95. The number of hydrogen-bond donors (Lipinski definition) is 1. The lowest BCUT2D eigenvalue weighted by atomic mass is 10.1. The number of aryl methyl sites for hydroxylation is 1. The van der Waals surface area contributed by atoms with E-state index in [2.05, 4.69) is 11.6 Å². The molecule has 0 bridgehead atoms. The number of halogens is 1. The molecule has 0 saturated heterocycles. The predicted octanol–water partition coefficient (Wildman–Crippen LogP) is 2.41. The van der Waals surface area contributed by atoms with Crippen LogP contribution in [0, 0.1) is 6.92 Å². The molecule has 1 aromatic heterocycles. The fourth-order valence-electron chi connectivity index (χ4n) is 1.10. The van der Waals surface area contributed by atoms with Crippen molar-refractivity contribution in [2.45, 2.75) is 13.3 Å². The van der Waals surface area contributed by atoms with Gasteiger partial charge >= 0.3 is 0 Å². The molecular formula is C10H13ClN2. The van der Waals surface area contributed by atoms with Gasteiger partial charge in [0.15, 0.2) is 0 Å². The highest BCUT2D eigenvalue weighted by Gasteiger charge is 2.04. The van der Waals surface area contributed by atoms with Crippen LogP contribution in [-0.4, -0.2) is 11.5 Å². The van der Waals surface area contributed by atoms with Gasteiger partial charge in [-0.05, 0) is 37.6 Å². The van der Waals surface area contributed by atoms with Crippen LogP contribution in [0.2, 0.25) is 5.15 Å². The van der Waals surface area contributed by atoms with E-state index in [1.54, 1.807) is 0 Å². The zero-order valence-electron chi connectivity index (χ0n) is 7.68. The van der Waals surface area contributed by atoms with Gasteiger partial charge in [-0.25, -0.2) is 4.98 Å². The summed E-state index contributed by atoms with van der Waals surface area (Å²) in [6, 6.07) is 3.85. The van der Waals surface area contributed by atoms with Gasteiger partial charge in [0.25, 0.3) is 0 Å². The standard InChI is InChI=1S/C10H13ClN2/c1-7(5-6-12)9-4-3-8(2)13-10(9)11/h3-4H,1,5-6,12H2,2H3. The van der Waals surface area contributed by atoms with E-state index < -0.39 is 0 Å². The highest BCUT2D eigenvalue weighted by atomic mass is 35.5. The van der Waals surface area contributed by atoms with Crippen LogP contribution in [0.15, 0.2) is 18.7 Å². The molecule has 1 heterocycles. The van der Waals surface area contributed by atoms with E-state index in [0.717, 1.165) is 23.3 Å². The molecule has 0 atom stereocenters. The van der Waals surface area contributed by atoms with E-state index in [1.807, 2.05) is 19.1 Å². The predicted molar refractivity (Wildman–Crippen MR) is 56.7 cm³/mol. The van der Waals surface area contributed by atoms with Crippen molar-refractivity contribution in [2.75, 3.05) is 6.54 Å². The molecule has 0 fully saturated rings. The SMILES string of the molecule is C=C(CCN)c1ccc(C)nc1Cl. The number of pyridine rings is 1. The molecule has 0 aromatic carbocycles.